The van der Waals surface area contributed by atoms with Crippen LogP contribution in [0.15, 0.2) is 24.3 Å². The Kier molecular flexibility index (Phi) is 4.31. The van der Waals surface area contributed by atoms with Crippen molar-refractivity contribution in [2.24, 2.45) is 0 Å². The van der Waals surface area contributed by atoms with Crippen LogP contribution in [-0.2, 0) is 11.3 Å². The molecule has 0 aliphatic rings. The molecule has 1 atom stereocenters. The summed E-state index contributed by atoms with van der Waals surface area (Å²) in [6.07, 6.45) is 0. The van der Waals surface area contributed by atoms with Crippen LogP contribution in [0.2, 0.25) is 0 Å². The van der Waals surface area contributed by atoms with Gasteiger partial charge in [0.05, 0.1) is 6.04 Å². The Hall–Kier alpha value is -1.55. The first-order valence-corrected chi connectivity index (χ1v) is 5.23. The average Bonchev–Trinajstić information content (AvgIpc) is 2.24. The molecule has 0 bridgehead atoms. The predicted molar refractivity (Wildman–Crippen MR) is 63.1 cm³/mol. The first-order chi connectivity index (χ1) is 7.50. The fourth-order valence-electron chi connectivity index (χ4n) is 1.41. The van der Waals surface area contributed by atoms with Gasteiger partial charge in [-0.2, -0.15) is 0 Å². The van der Waals surface area contributed by atoms with Crippen molar-refractivity contribution in [3.8, 4) is 5.75 Å². The van der Waals surface area contributed by atoms with Gasteiger partial charge < -0.3 is 15.3 Å². The molecule has 88 valence electrons. The van der Waals surface area contributed by atoms with E-state index in [2.05, 4.69) is 5.32 Å². The number of amides is 1. The van der Waals surface area contributed by atoms with Crippen LogP contribution in [0, 0.1) is 0 Å². The van der Waals surface area contributed by atoms with Crippen molar-refractivity contribution in [1.29, 1.82) is 0 Å². The van der Waals surface area contributed by atoms with Crippen molar-refractivity contribution >= 4 is 5.91 Å². The molecule has 0 aromatic heterocycles. The van der Waals surface area contributed by atoms with Gasteiger partial charge in [0.2, 0.25) is 5.91 Å². The van der Waals surface area contributed by atoms with Crippen molar-refractivity contribution in [2.75, 3.05) is 14.1 Å². The topological polar surface area (TPSA) is 52.6 Å². The molecular formula is C12H18N2O2. The minimum atomic E-state index is -0.225. The molecule has 1 rings (SSSR count). The van der Waals surface area contributed by atoms with Gasteiger partial charge >= 0.3 is 0 Å². The molecule has 0 saturated carbocycles. The van der Waals surface area contributed by atoms with Gasteiger partial charge in [0.15, 0.2) is 0 Å². The molecule has 0 heterocycles. The summed E-state index contributed by atoms with van der Waals surface area (Å²) in [5, 5.41) is 12.4. The van der Waals surface area contributed by atoms with Crippen LogP contribution in [0.3, 0.4) is 0 Å². The summed E-state index contributed by atoms with van der Waals surface area (Å²) < 4.78 is 0. The number of phenolic OH excluding ortho intramolecular Hbond substituents is 1. The van der Waals surface area contributed by atoms with Crippen LogP contribution in [0.5, 0.6) is 5.75 Å². The minimum absolute atomic E-state index is 0.0418. The lowest BCUT2D eigenvalue weighted by Crippen LogP contribution is -2.41. The van der Waals surface area contributed by atoms with Crippen LogP contribution in [0.1, 0.15) is 12.5 Å². The Labute approximate surface area is 95.9 Å². The maximum absolute atomic E-state index is 11.5. The summed E-state index contributed by atoms with van der Waals surface area (Å²) in [4.78, 5) is 13.1. The number of hydrogen-bond donors (Lipinski definition) is 2. The van der Waals surface area contributed by atoms with E-state index in [4.69, 9.17) is 0 Å². The van der Waals surface area contributed by atoms with Crippen molar-refractivity contribution in [1.82, 2.24) is 10.2 Å². The first kappa shape index (κ1) is 12.5. The Bertz CT molecular complexity index is 364. The third kappa shape index (κ3) is 3.55. The molecule has 4 nitrogen and oxygen atoms in total. The molecule has 0 aliphatic heterocycles. The molecular weight excluding hydrogens is 204 g/mol. The number of rotatable bonds is 4. The van der Waals surface area contributed by atoms with Crippen molar-refractivity contribution in [3.05, 3.63) is 29.8 Å². The number of carbonyl (C=O) groups excluding carboxylic acids is 1. The third-order valence-electron chi connectivity index (χ3n) is 2.33. The van der Waals surface area contributed by atoms with Gasteiger partial charge in [0.1, 0.15) is 5.75 Å². The lowest BCUT2D eigenvalue weighted by atomic mass is 10.2. The third-order valence-corrected chi connectivity index (χ3v) is 2.33. The van der Waals surface area contributed by atoms with Gasteiger partial charge in [-0.15, -0.1) is 0 Å². The number of carbonyl (C=O) groups is 1. The number of aromatic hydroxyl groups is 1. The van der Waals surface area contributed by atoms with Gasteiger partial charge in [0, 0.05) is 20.6 Å². The second kappa shape index (κ2) is 5.51. The van der Waals surface area contributed by atoms with Gasteiger partial charge in [-0.25, -0.2) is 0 Å². The Morgan fingerprint density at radius 1 is 1.50 bits per heavy atom. The van der Waals surface area contributed by atoms with Crippen molar-refractivity contribution in [3.63, 3.8) is 0 Å². The van der Waals surface area contributed by atoms with Crippen molar-refractivity contribution in [2.45, 2.75) is 19.5 Å². The van der Waals surface area contributed by atoms with Crippen LogP contribution in [-0.4, -0.2) is 36.1 Å². The molecule has 1 aromatic rings. The van der Waals surface area contributed by atoms with Gasteiger partial charge in [0.25, 0.3) is 0 Å². The van der Waals surface area contributed by atoms with E-state index >= 15 is 0 Å². The fraction of sp³-hybridized carbons (Fsp3) is 0.417. The summed E-state index contributed by atoms with van der Waals surface area (Å²) in [5.74, 6) is 0.283. The lowest BCUT2D eigenvalue weighted by Gasteiger charge is -2.18. The number of hydrogen-bond acceptors (Lipinski definition) is 3. The highest BCUT2D eigenvalue weighted by Crippen LogP contribution is 2.10. The minimum Gasteiger partial charge on any atom is -0.508 e. The van der Waals surface area contributed by atoms with E-state index in [0.717, 1.165) is 5.56 Å². The highest BCUT2D eigenvalue weighted by atomic mass is 16.3. The maximum Gasteiger partial charge on any atom is 0.238 e. The molecule has 16 heavy (non-hydrogen) atoms. The van der Waals surface area contributed by atoms with Crippen LogP contribution in [0.25, 0.3) is 0 Å². The average molecular weight is 222 g/mol. The van der Waals surface area contributed by atoms with Crippen LogP contribution >= 0.6 is 0 Å². The molecule has 0 fully saturated rings. The molecule has 0 radical (unpaired) electrons. The number of benzene rings is 1. The second-order valence-corrected chi connectivity index (χ2v) is 4.01. The summed E-state index contributed by atoms with van der Waals surface area (Å²) in [7, 11) is 3.46. The highest BCUT2D eigenvalue weighted by molar-refractivity contribution is 5.80. The summed E-state index contributed by atoms with van der Waals surface area (Å²) in [6, 6.07) is 6.76. The predicted octanol–water partition coefficient (Wildman–Crippen LogP) is 0.959. The van der Waals surface area contributed by atoms with E-state index in [-0.39, 0.29) is 17.7 Å². The zero-order valence-corrected chi connectivity index (χ0v) is 9.90. The van der Waals surface area contributed by atoms with E-state index in [0.29, 0.717) is 6.54 Å². The molecule has 1 aromatic carbocycles. The molecule has 0 aliphatic carbocycles. The number of likely N-dealkylation sites (N-methyl/N-ethyl adjacent to an activating group) is 1. The molecule has 1 unspecified atom stereocenters. The summed E-state index contributed by atoms with van der Waals surface area (Å²) in [5.41, 5.74) is 0.957. The largest absolute Gasteiger partial charge is 0.508 e. The smallest absolute Gasteiger partial charge is 0.238 e. The second-order valence-electron chi connectivity index (χ2n) is 4.01. The maximum atomic E-state index is 11.5. The molecule has 0 spiro atoms. The van der Waals surface area contributed by atoms with Crippen molar-refractivity contribution < 1.29 is 9.90 Å². The number of nitrogens with one attached hydrogen (secondary N) is 1. The zero-order valence-electron chi connectivity index (χ0n) is 9.90. The van der Waals surface area contributed by atoms with E-state index < -0.39 is 0 Å². The lowest BCUT2D eigenvalue weighted by molar-refractivity contribution is -0.130. The summed E-state index contributed by atoms with van der Waals surface area (Å²) in [6.45, 7) is 2.39. The Morgan fingerprint density at radius 3 is 2.75 bits per heavy atom. The Balaban J connectivity index is 2.49. The number of phenols is 1. The van der Waals surface area contributed by atoms with Gasteiger partial charge in [-0.1, -0.05) is 12.1 Å². The summed E-state index contributed by atoms with van der Waals surface area (Å²) >= 11 is 0. The molecule has 0 saturated heterocycles. The van der Waals surface area contributed by atoms with E-state index in [9.17, 15) is 9.90 Å². The van der Waals surface area contributed by atoms with E-state index in [1.807, 2.05) is 13.0 Å². The number of nitrogens with zero attached hydrogens (tertiary/aromatic N) is 1. The van der Waals surface area contributed by atoms with E-state index in [1.54, 1.807) is 37.2 Å². The monoisotopic (exact) mass is 222 g/mol. The standard InChI is InChI=1S/C12H18N2O2/c1-9(12(16)14(2)3)13-8-10-5-4-6-11(15)7-10/h4-7,9,13,15H,8H2,1-3H3. The SMILES string of the molecule is CC(NCc1cccc(O)c1)C(=O)N(C)C. The zero-order chi connectivity index (χ0) is 12.1. The molecule has 2 N–H and O–H groups in total. The van der Waals surface area contributed by atoms with Crippen LogP contribution in [0.4, 0.5) is 0 Å². The van der Waals surface area contributed by atoms with Gasteiger partial charge in [-0.05, 0) is 24.6 Å². The molecule has 4 heteroatoms. The van der Waals surface area contributed by atoms with Gasteiger partial charge in [-0.3, -0.25) is 4.79 Å². The molecule has 1 amide bonds. The van der Waals surface area contributed by atoms with E-state index in [1.165, 1.54) is 0 Å². The fourth-order valence-corrected chi connectivity index (χ4v) is 1.41. The van der Waals surface area contributed by atoms with Crippen LogP contribution < -0.4 is 5.32 Å². The Morgan fingerprint density at radius 2 is 2.19 bits per heavy atom. The first-order valence-electron chi connectivity index (χ1n) is 5.23. The quantitative estimate of drug-likeness (QED) is 0.797. The normalized spacial score (nSPS) is 12.2. The highest BCUT2D eigenvalue weighted by Gasteiger charge is 2.13.